The van der Waals surface area contributed by atoms with E-state index in [-0.39, 0.29) is 6.04 Å². The van der Waals surface area contributed by atoms with E-state index in [1.807, 2.05) is 6.92 Å². The Bertz CT molecular complexity index is 117. The van der Waals surface area contributed by atoms with Gasteiger partial charge in [-0.3, -0.25) is 4.21 Å². The van der Waals surface area contributed by atoms with Gasteiger partial charge in [0.2, 0.25) is 0 Å². The molecule has 0 aliphatic heterocycles. The van der Waals surface area contributed by atoms with Gasteiger partial charge >= 0.3 is 0 Å². The molecule has 11 heavy (non-hydrogen) atoms. The first-order valence-electron chi connectivity index (χ1n) is 4.31. The zero-order valence-electron chi connectivity index (χ0n) is 7.51. The van der Waals surface area contributed by atoms with Crippen molar-refractivity contribution in [2.45, 2.75) is 39.2 Å². The Morgan fingerprint density at radius 1 is 1.36 bits per heavy atom. The predicted molar refractivity (Wildman–Crippen MR) is 51.1 cm³/mol. The smallest absolute Gasteiger partial charge is 0.0386 e. The molecule has 0 saturated heterocycles. The molecule has 0 fully saturated rings. The summed E-state index contributed by atoms with van der Waals surface area (Å²) in [6, 6.07) is 0.146. The van der Waals surface area contributed by atoms with Crippen LogP contribution < -0.4 is 5.73 Å². The monoisotopic (exact) mass is 177 g/mol. The van der Waals surface area contributed by atoms with Crippen LogP contribution in [0.1, 0.15) is 33.1 Å². The fourth-order valence-corrected chi connectivity index (χ4v) is 2.27. The van der Waals surface area contributed by atoms with Gasteiger partial charge in [-0.05, 0) is 12.8 Å². The van der Waals surface area contributed by atoms with Crippen LogP contribution >= 0.6 is 0 Å². The van der Waals surface area contributed by atoms with Gasteiger partial charge < -0.3 is 5.73 Å². The number of rotatable bonds is 6. The van der Waals surface area contributed by atoms with Crippen molar-refractivity contribution in [3.05, 3.63) is 0 Å². The molecule has 0 aliphatic rings. The molecule has 0 aliphatic carbocycles. The van der Waals surface area contributed by atoms with E-state index in [1.54, 1.807) is 0 Å². The quantitative estimate of drug-likeness (QED) is 0.664. The molecule has 0 spiro atoms. The van der Waals surface area contributed by atoms with Gasteiger partial charge in [0.1, 0.15) is 0 Å². The van der Waals surface area contributed by atoms with Crippen molar-refractivity contribution >= 4 is 10.8 Å². The summed E-state index contributed by atoms with van der Waals surface area (Å²) in [7, 11) is -0.677. The Morgan fingerprint density at radius 3 is 2.45 bits per heavy atom. The summed E-state index contributed by atoms with van der Waals surface area (Å²) in [5, 5.41) is 0. The van der Waals surface area contributed by atoms with Crippen LogP contribution in [0.25, 0.3) is 0 Å². The van der Waals surface area contributed by atoms with Gasteiger partial charge in [0.25, 0.3) is 0 Å². The van der Waals surface area contributed by atoms with Crippen molar-refractivity contribution in [3.63, 3.8) is 0 Å². The minimum Gasteiger partial charge on any atom is -0.327 e. The maximum absolute atomic E-state index is 11.2. The molecule has 0 aromatic rings. The molecule has 0 aromatic carbocycles. The molecule has 2 nitrogen and oxygen atoms in total. The van der Waals surface area contributed by atoms with Gasteiger partial charge in [-0.1, -0.05) is 20.3 Å². The average molecular weight is 177 g/mol. The molecule has 2 N–H and O–H groups in total. The second kappa shape index (κ2) is 6.80. The summed E-state index contributed by atoms with van der Waals surface area (Å²) in [6.07, 6.45) is 3.07. The minimum atomic E-state index is -0.677. The van der Waals surface area contributed by atoms with E-state index in [2.05, 4.69) is 6.92 Å². The fraction of sp³-hybridized carbons (Fsp3) is 1.00. The first-order valence-corrected chi connectivity index (χ1v) is 5.80. The Morgan fingerprint density at radius 2 is 2.00 bits per heavy atom. The molecule has 0 amide bonds. The zero-order chi connectivity index (χ0) is 8.69. The number of nitrogens with two attached hydrogens (primary N) is 1. The van der Waals surface area contributed by atoms with Gasteiger partial charge in [-0.2, -0.15) is 0 Å². The lowest BCUT2D eigenvalue weighted by atomic mass is 10.2. The first kappa shape index (κ1) is 11.1. The third-order valence-electron chi connectivity index (χ3n) is 1.49. The number of hydrogen-bond donors (Lipinski definition) is 1. The summed E-state index contributed by atoms with van der Waals surface area (Å²) < 4.78 is 11.2. The van der Waals surface area contributed by atoms with Gasteiger partial charge in [-0.25, -0.2) is 0 Å². The van der Waals surface area contributed by atoms with Crippen LogP contribution in [0.5, 0.6) is 0 Å². The largest absolute Gasteiger partial charge is 0.327 e. The van der Waals surface area contributed by atoms with E-state index in [0.29, 0.717) is 5.75 Å². The lowest BCUT2D eigenvalue weighted by molar-refractivity contribution is 0.637. The summed E-state index contributed by atoms with van der Waals surface area (Å²) in [5.41, 5.74) is 5.72. The van der Waals surface area contributed by atoms with Crippen molar-refractivity contribution in [1.29, 1.82) is 0 Å². The number of hydrogen-bond acceptors (Lipinski definition) is 2. The highest BCUT2D eigenvalue weighted by Gasteiger charge is 2.05. The van der Waals surface area contributed by atoms with Gasteiger partial charge in [-0.15, -0.1) is 0 Å². The first-order chi connectivity index (χ1) is 5.20. The minimum absolute atomic E-state index is 0.146. The molecular formula is C8H19NOS. The normalized spacial score (nSPS) is 16.3. The maximum atomic E-state index is 11.2. The maximum Gasteiger partial charge on any atom is 0.0386 e. The molecule has 0 bridgehead atoms. The van der Waals surface area contributed by atoms with E-state index < -0.39 is 10.8 Å². The SMILES string of the molecule is CCCC(N)CS(=O)CCC. The second-order valence-electron chi connectivity index (χ2n) is 2.86. The van der Waals surface area contributed by atoms with Crippen LogP contribution in [-0.2, 0) is 10.8 Å². The Hall–Kier alpha value is 0.110. The highest BCUT2D eigenvalue weighted by atomic mass is 32.2. The van der Waals surface area contributed by atoms with Crippen molar-refractivity contribution in [3.8, 4) is 0 Å². The van der Waals surface area contributed by atoms with Crippen LogP contribution in [0.3, 0.4) is 0 Å². The third kappa shape index (κ3) is 6.51. The summed E-state index contributed by atoms with van der Waals surface area (Å²) in [5.74, 6) is 1.49. The molecule has 0 heterocycles. The third-order valence-corrected chi connectivity index (χ3v) is 3.15. The van der Waals surface area contributed by atoms with Crippen molar-refractivity contribution < 1.29 is 4.21 Å². The highest BCUT2D eigenvalue weighted by molar-refractivity contribution is 7.85. The van der Waals surface area contributed by atoms with Gasteiger partial charge in [0.05, 0.1) is 0 Å². The molecule has 3 heteroatoms. The molecule has 0 saturated carbocycles. The van der Waals surface area contributed by atoms with E-state index >= 15 is 0 Å². The van der Waals surface area contributed by atoms with E-state index in [1.165, 1.54) is 0 Å². The Kier molecular flexibility index (Phi) is 6.87. The standard InChI is InChI=1S/C8H19NOS/c1-3-5-8(9)7-11(10)6-4-2/h8H,3-7,9H2,1-2H3. The van der Waals surface area contributed by atoms with Crippen molar-refractivity contribution in [2.75, 3.05) is 11.5 Å². The highest BCUT2D eigenvalue weighted by Crippen LogP contribution is 1.96. The fourth-order valence-electron chi connectivity index (χ4n) is 1.00. The molecule has 68 valence electrons. The average Bonchev–Trinajstić information content (AvgIpc) is 1.87. The van der Waals surface area contributed by atoms with E-state index in [0.717, 1.165) is 25.0 Å². The second-order valence-corrected chi connectivity index (χ2v) is 4.48. The molecule has 0 rings (SSSR count). The van der Waals surface area contributed by atoms with Gasteiger partial charge in [0.15, 0.2) is 0 Å². The molecule has 0 radical (unpaired) electrons. The van der Waals surface area contributed by atoms with Crippen LogP contribution in [-0.4, -0.2) is 21.8 Å². The molecule has 2 unspecified atom stereocenters. The topological polar surface area (TPSA) is 43.1 Å². The van der Waals surface area contributed by atoms with Crippen LogP contribution in [0.4, 0.5) is 0 Å². The molecular weight excluding hydrogens is 158 g/mol. The van der Waals surface area contributed by atoms with Crippen molar-refractivity contribution in [1.82, 2.24) is 0 Å². The van der Waals surface area contributed by atoms with Crippen LogP contribution in [0.15, 0.2) is 0 Å². The van der Waals surface area contributed by atoms with E-state index in [4.69, 9.17) is 5.73 Å². The molecule has 2 atom stereocenters. The Balaban J connectivity index is 3.40. The summed E-state index contributed by atoms with van der Waals surface area (Å²) in [6.45, 7) is 4.14. The van der Waals surface area contributed by atoms with Crippen molar-refractivity contribution in [2.24, 2.45) is 5.73 Å². The summed E-state index contributed by atoms with van der Waals surface area (Å²) in [4.78, 5) is 0. The zero-order valence-corrected chi connectivity index (χ0v) is 8.32. The summed E-state index contributed by atoms with van der Waals surface area (Å²) >= 11 is 0. The van der Waals surface area contributed by atoms with Gasteiger partial charge in [0, 0.05) is 28.3 Å². The molecule has 0 aromatic heterocycles. The lowest BCUT2D eigenvalue weighted by Crippen LogP contribution is -2.27. The Labute approximate surface area is 72.0 Å². The van der Waals surface area contributed by atoms with Crippen LogP contribution in [0.2, 0.25) is 0 Å². The predicted octanol–water partition coefficient (Wildman–Crippen LogP) is 1.27. The van der Waals surface area contributed by atoms with E-state index in [9.17, 15) is 4.21 Å². The van der Waals surface area contributed by atoms with Crippen LogP contribution in [0, 0.1) is 0 Å². The lowest BCUT2D eigenvalue weighted by Gasteiger charge is -2.08.